The Kier molecular flexibility index (Phi) is 3.15. The summed E-state index contributed by atoms with van der Waals surface area (Å²) in [6, 6.07) is 2.27. The zero-order valence-electron chi connectivity index (χ0n) is 9.65. The summed E-state index contributed by atoms with van der Waals surface area (Å²) in [5, 5.41) is 0. The van der Waals surface area contributed by atoms with Crippen LogP contribution in [0.2, 0.25) is 0 Å². The van der Waals surface area contributed by atoms with Gasteiger partial charge in [-0.3, -0.25) is 4.79 Å². The third kappa shape index (κ3) is 2.23. The molecule has 1 atom stereocenters. The van der Waals surface area contributed by atoms with Crippen molar-refractivity contribution in [1.82, 2.24) is 4.90 Å². The SMILES string of the molecule is N[C@@H]1CCN(C(=O)c2cc3c(s2)CCSC3)C1. The van der Waals surface area contributed by atoms with Gasteiger partial charge in [0.25, 0.3) is 5.91 Å². The van der Waals surface area contributed by atoms with E-state index in [0.717, 1.165) is 36.6 Å². The quantitative estimate of drug-likeness (QED) is 0.843. The van der Waals surface area contributed by atoms with Gasteiger partial charge in [0.2, 0.25) is 0 Å². The predicted octanol–water partition coefficient (Wildman–Crippen LogP) is 1.71. The lowest BCUT2D eigenvalue weighted by Crippen LogP contribution is -2.31. The predicted molar refractivity (Wildman–Crippen MR) is 72.7 cm³/mol. The second-order valence-electron chi connectivity index (χ2n) is 4.66. The van der Waals surface area contributed by atoms with Crippen LogP contribution in [-0.2, 0) is 12.2 Å². The van der Waals surface area contributed by atoms with Gasteiger partial charge in [-0.15, -0.1) is 11.3 Å². The molecule has 0 unspecified atom stereocenters. The Morgan fingerprint density at radius 3 is 3.12 bits per heavy atom. The highest BCUT2D eigenvalue weighted by atomic mass is 32.2. The normalized spacial score (nSPS) is 23.8. The standard InChI is InChI=1S/C12H16N2OS2/c13-9-1-3-14(6-9)12(15)11-5-8-7-16-4-2-10(8)17-11/h5,9H,1-4,6-7,13H2/t9-/m1/s1. The van der Waals surface area contributed by atoms with Crippen LogP contribution in [0.15, 0.2) is 6.07 Å². The number of aryl methyl sites for hydroxylation is 1. The number of amides is 1. The molecule has 2 N–H and O–H groups in total. The van der Waals surface area contributed by atoms with Crippen LogP contribution in [0.25, 0.3) is 0 Å². The number of hydrogen-bond donors (Lipinski definition) is 1. The van der Waals surface area contributed by atoms with E-state index in [1.54, 1.807) is 11.3 Å². The first-order chi connectivity index (χ1) is 8.24. The topological polar surface area (TPSA) is 46.3 Å². The highest BCUT2D eigenvalue weighted by molar-refractivity contribution is 7.98. The molecule has 0 spiro atoms. The van der Waals surface area contributed by atoms with E-state index in [-0.39, 0.29) is 11.9 Å². The van der Waals surface area contributed by atoms with Gasteiger partial charge in [0.05, 0.1) is 4.88 Å². The number of thiophene rings is 1. The van der Waals surface area contributed by atoms with Crippen molar-refractivity contribution >= 4 is 29.0 Å². The van der Waals surface area contributed by atoms with Gasteiger partial charge < -0.3 is 10.6 Å². The molecule has 3 nitrogen and oxygen atoms in total. The fraction of sp³-hybridized carbons (Fsp3) is 0.583. The summed E-state index contributed by atoms with van der Waals surface area (Å²) in [4.78, 5) is 16.5. The average Bonchev–Trinajstić information content (AvgIpc) is 2.93. The number of thioether (sulfide) groups is 1. The van der Waals surface area contributed by atoms with Gasteiger partial charge in [-0.05, 0) is 30.2 Å². The minimum atomic E-state index is 0.170. The lowest BCUT2D eigenvalue weighted by Gasteiger charge is -2.14. The average molecular weight is 268 g/mol. The number of rotatable bonds is 1. The van der Waals surface area contributed by atoms with E-state index in [4.69, 9.17) is 5.73 Å². The number of nitrogens with zero attached hydrogens (tertiary/aromatic N) is 1. The fourth-order valence-electron chi connectivity index (χ4n) is 2.38. The molecule has 5 heteroatoms. The van der Waals surface area contributed by atoms with Crippen LogP contribution in [0.3, 0.4) is 0 Å². The first kappa shape index (κ1) is 11.6. The molecule has 3 heterocycles. The molecule has 1 aromatic heterocycles. The van der Waals surface area contributed by atoms with Crippen LogP contribution in [0.1, 0.15) is 26.5 Å². The molecule has 0 aliphatic carbocycles. The molecule has 0 aromatic carbocycles. The smallest absolute Gasteiger partial charge is 0.263 e. The molecule has 1 amide bonds. The Bertz CT molecular complexity index is 420. The third-order valence-corrected chi connectivity index (χ3v) is 5.58. The molecule has 3 rings (SSSR count). The highest BCUT2D eigenvalue weighted by Gasteiger charge is 2.26. The highest BCUT2D eigenvalue weighted by Crippen LogP contribution is 2.32. The van der Waals surface area contributed by atoms with Crippen LogP contribution in [-0.4, -0.2) is 35.7 Å². The first-order valence-corrected chi connectivity index (χ1v) is 7.95. The van der Waals surface area contributed by atoms with Crippen molar-refractivity contribution in [3.05, 3.63) is 21.4 Å². The number of hydrogen-bond acceptors (Lipinski definition) is 4. The molecule has 2 aliphatic rings. The number of likely N-dealkylation sites (tertiary alicyclic amines) is 1. The maximum Gasteiger partial charge on any atom is 0.263 e. The molecule has 92 valence electrons. The molecule has 17 heavy (non-hydrogen) atoms. The van der Waals surface area contributed by atoms with E-state index in [1.807, 2.05) is 16.7 Å². The van der Waals surface area contributed by atoms with Gasteiger partial charge >= 0.3 is 0 Å². The molecule has 0 saturated carbocycles. The van der Waals surface area contributed by atoms with Crippen LogP contribution >= 0.6 is 23.1 Å². The molecular weight excluding hydrogens is 252 g/mol. The van der Waals surface area contributed by atoms with Crippen LogP contribution < -0.4 is 5.73 Å². The van der Waals surface area contributed by atoms with Crippen molar-refractivity contribution in [2.24, 2.45) is 5.73 Å². The molecule has 1 aromatic rings. The van der Waals surface area contributed by atoms with Crippen LogP contribution in [0, 0.1) is 0 Å². The molecule has 1 fully saturated rings. The van der Waals surface area contributed by atoms with E-state index in [1.165, 1.54) is 16.2 Å². The summed E-state index contributed by atoms with van der Waals surface area (Å²) < 4.78 is 0. The Labute approximate surface area is 109 Å². The van der Waals surface area contributed by atoms with Crippen molar-refractivity contribution in [2.75, 3.05) is 18.8 Å². The van der Waals surface area contributed by atoms with Crippen molar-refractivity contribution in [1.29, 1.82) is 0 Å². The summed E-state index contributed by atoms with van der Waals surface area (Å²) in [6.45, 7) is 1.54. The summed E-state index contributed by atoms with van der Waals surface area (Å²) in [5.41, 5.74) is 7.22. The van der Waals surface area contributed by atoms with Crippen LogP contribution in [0.5, 0.6) is 0 Å². The Balaban J connectivity index is 1.79. The Hall–Kier alpha value is -0.520. The first-order valence-electron chi connectivity index (χ1n) is 5.98. The summed E-state index contributed by atoms with van der Waals surface area (Å²) in [5.74, 6) is 2.44. The molecule has 1 saturated heterocycles. The second-order valence-corrected chi connectivity index (χ2v) is 6.90. The Morgan fingerprint density at radius 2 is 2.41 bits per heavy atom. The third-order valence-electron chi connectivity index (χ3n) is 3.35. The number of carbonyl (C=O) groups is 1. The largest absolute Gasteiger partial charge is 0.336 e. The zero-order chi connectivity index (χ0) is 11.8. The molecule has 2 aliphatic heterocycles. The Morgan fingerprint density at radius 1 is 1.53 bits per heavy atom. The van der Waals surface area contributed by atoms with Crippen molar-refractivity contribution < 1.29 is 4.79 Å². The van der Waals surface area contributed by atoms with Gasteiger partial charge in [0.1, 0.15) is 0 Å². The van der Waals surface area contributed by atoms with Crippen molar-refractivity contribution in [2.45, 2.75) is 24.6 Å². The minimum absolute atomic E-state index is 0.170. The van der Waals surface area contributed by atoms with Gasteiger partial charge in [-0.25, -0.2) is 0 Å². The van der Waals surface area contributed by atoms with Gasteiger partial charge in [0.15, 0.2) is 0 Å². The number of carbonyl (C=O) groups excluding carboxylic acids is 1. The number of fused-ring (bicyclic) bond motifs is 1. The van der Waals surface area contributed by atoms with E-state index < -0.39 is 0 Å². The van der Waals surface area contributed by atoms with E-state index in [2.05, 4.69) is 6.07 Å². The maximum atomic E-state index is 12.3. The summed E-state index contributed by atoms with van der Waals surface area (Å²) in [7, 11) is 0. The summed E-state index contributed by atoms with van der Waals surface area (Å²) >= 11 is 3.64. The van der Waals surface area contributed by atoms with Gasteiger partial charge in [-0.2, -0.15) is 11.8 Å². The van der Waals surface area contributed by atoms with Crippen LogP contribution in [0.4, 0.5) is 0 Å². The second kappa shape index (κ2) is 4.63. The van der Waals surface area contributed by atoms with E-state index in [0.29, 0.717) is 0 Å². The van der Waals surface area contributed by atoms with E-state index in [9.17, 15) is 4.79 Å². The lowest BCUT2D eigenvalue weighted by molar-refractivity contribution is 0.0795. The summed E-state index contributed by atoms with van der Waals surface area (Å²) in [6.07, 6.45) is 2.06. The van der Waals surface area contributed by atoms with Crippen molar-refractivity contribution in [3.8, 4) is 0 Å². The number of nitrogens with two attached hydrogens (primary N) is 1. The maximum absolute atomic E-state index is 12.3. The van der Waals surface area contributed by atoms with E-state index >= 15 is 0 Å². The zero-order valence-corrected chi connectivity index (χ0v) is 11.3. The minimum Gasteiger partial charge on any atom is -0.336 e. The molecule has 0 bridgehead atoms. The fourth-order valence-corrected chi connectivity index (χ4v) is 4.72. The monoisotopic (exact) mass is 268 g/mol. The van der Waals surface area contributed by atoms with Gasteiger partial charge in [0, 0.05) is 29.8 Å². The van der Waals surface area contributed by atoms with Crippen molar-refractivity contribution in [3.63, 3.8) is 0 Å². The molecule has 0 radical (unpaired) electrons. The van der Waals surface area contributed by atoms with Gasteiger partial charge in [-0.1, -0.05) is 0 Å². The molecular formula is C12H16N2OS2. The lowest BCUT2D eigenvalue weighted by atomic mass is 10.2.